The quantitative estimate of drug-likeness (QED) is 0.352. The number of nitrogens with one attached hydrogen (secondary N) is 2. The fraction of sp³-hybridized carbons (Fsp3) is 0.448. The van der Waals surface area contributed by atoms with Crippen LogP contribution in [0.1, 0.15) is 70.2 Å². The van der Waals surface area contributed by atoms with Gasteiger partial charge in [-0.15, -0.1) is 11.3 Å². The van der Waals surface area contributed by atoms with Crippen LogP contribution in [0.25, 0.3) is 0 Å². The van der Waals surface area contributed by atoms with Crippen LogP contribution in [0, 0.1) is 0 Å². The normalized spacial score (nSPS) is 20.3. The first-order valence-electron chi connectivity index (χ1n) is 14.0. The Hall–Kier alpha value is -3.21. The third-order valence-corrected chi connectivity index (χ3v) is 9.34. The number of thiophene rings is 1. The molecule has 2 aliphatic heterocycles. The molecule has 3 aliphatic rings. The van der Waals surface area contributed by atoms with E-state index in [1.165, 1.54) is 55.7 Å². The molecule has 3 fully saturated rings. The van der Waals surface area contributed by atoms with E-state index in [2.05, 4.69) is 37.6 Å². The second kappa shape index (κ2) is 11.7. The summed E-state index contributed by atoms with van der Waals surface area (Å²) in [5.74, 6) is 0.773. The van der Waals surface area contributed by atoms with E-state index >= 15 is 0 Å². The Kier molecular flexibility index (Phi) is 7.91. The Morgan fingerprint density at radius 3 is 2.45 bits per heavy atom. The van der Waals surface area contributed by atoms with Gasteiger partial charge in [0.1, 0.15) is 5.82 Å². The molecule has 210 valence electrons. The summed E-state index contributed by atoms with van der Waals surface area (Å²) < 4.78 is 0.587. The van der Waals surface area contributed by atoms with Gasteiger partial charge in [-0.05, 0) is 87.4 Å². The molecule has 4 N–H and O–H groups in total. The molecule has 2 amide bonds. The topological polar surface area (TPSA) is 116 Å². The first-order valence-corrected chi connectivity index (χ1v) is 15.2. The van der Waals surface area contributed by atoms with E-state index in [0.717, 1.165) is 31.1 Å². The molecule has 1 aromatic carbocycles. The van der Waals surface area contributed by atoms with E-state index in [4.69, 9.17) is 22.3 Å². The van der Waals surface area contributed by atoms with Crippen LogP contribution >= 0.6 is 22.9 Å². The second-order valence-electron chi connectivity index (χ2n) is 10.9. The predicted octanol–water partition coefficient (Wildman–Crippen LogP) is 4.77. The first kappa shape index (κ1) is 27.0. The smallest absolute Gasteiger partial charge is 0.271 e. The second-order valence-corrected chi connectivity index (χ2v) is 12.7. The summed E-state index contributed by atoms with van der Waals surface area (Å²) in [7, 11) is 0. The lowest BCUT2D eigenvalue weighted by Crippen LogP contribution is -2.48. The van der Waals surface area contributed by atoms with Crippen LogP contribution in [0.2, 0.25) is 4.34 Å². The van der Waals surface area contributed by atoms with Gasteiger partial charge < -0.3 is 26.2 Å². The lowest BCUT2D eigenvalue weighted by Gasteiger charge is -2.34. The Labute approximate surface area is 243 Å². The Morgan fingerprint density at radius 1 is 1.00 bits per heavy atom. The zero-order valence-corrected chi connectivity index (χ0v) is 23.9. The average Bonchev–Trinajstić information content (AvgIpc) is 3.73. The largest absolute Gasteiger partial charge is 0.364 e. The van der Waals surface area contributed by atoms with Crippen molar-refractivity contribution >= 4 is 52.1 Å². The van der Waals surface area contributed by atoms with Crippen molar-refractivity contribution in [2.24, 2.45) is 5.73 Å². The lowest BCUT2D eigenvalue weighted by atomic mass is 9.89. The summed E-state index contributed by atoms with van der Waals surface area (Å²) in [5.41, 5.74) is 7.90. The van der Waals surface area contributed by atoms with Crippen LogP contribution in [0.3, 0.4) is 0 Å². The molecule has 2 saturated heterocycles. The molecule has 1 aliphatic carbocycles. The van der Waals surface area contributed by atoms with Gasteiger partial charge in [0.25, 0.3) is 11.8 Å². The van der Waals surface area contributed by atoms with Gasteiger partial charge >= 0.3 is 0 Å². The van der Waals surface area contributed by atoms with Gasteiger partial charge in [0.15, 0.2) is 11.5 Å². The molecule has 3 aromatic rings. The minimum atomic E-state index is -0.640. The maximum absolute atomic E-state index is 12.6. The third kappa shape index (κ3) is 6.24. The van der Waals surface area contributed by atoms with E-state index in [1.54, 1.807) is 18.3 Å². The van der Waals surface area contributed by atoms with Crippen molar-refractivity contribution in [2.45, 2.75) is 56.5 Å². The van der Waals surface area contributed by atoms with E-state index in [0.29, 0.717) is 33.3 Å². The van der Waals surface area contributed by atoms with Gasteiger partial charge in [-0.25, -0.2) is 9.97 Å². The van der Waals surface area contributed by atoms with Gasteiger partial charge in [-0.3, -0.25) is 9.59 Å². The molecule has 0 radical (unpaired) electrons. The lowest BCUT2D eigenvalue weighted by molar-refractivity contribution is 0.0936. The number of primary amides is 1. The number of carbonyl (C=O) groups is 2. The number of hydrogen-bond acceptors (Lipinski definition) is 8. The van der Waals surface area contributed by atoms with Gasteiger partial charge in [0.05, 0.1) is 15.4 Å². The summed E-state index contributed by atoms with van der Waals surface area (Å²) in [6.07, 6.45) is 8.45. The number of hydrogen-bond donors (Lipinski definition) is 3. The van der Waals surface area contributed by atoms with E-state index in [-0.39, 0.29) is 17.6 Å². The number of nitrogens with two attached hydrogens (primary N) is 1. The predicted molar refractivity (Wildman–Crippen MR) is 159 cm³/mol. The molecule has 11 heteroatoms. The number of amides is 2. The molecule has 40 heavy (non-hydrogen) atoms. The maximum atomic E-state index is 12.6. The highest BCUT2D eigenvalue weighted by Gasteiger charge is 2.32. The van der Waals surface area contributed by atoms with E-state index in [1.807, 2.05) is 12.1 Å². The van der Waals surface area contributed by atoms with Crippen molar-refractivity contribution < 1.29 is 9.59 Å². The molecule has 0 spiro atoms. The highest BCUT2D eigenvalue weighted by atomic mass is 35.5. The molecule has 6 rings (SSSR count). The van der Waals surface area contributed by atoms with Crippen molar-refractivity contribution in [1.82, 2.24) is 20.2 Å². The van der Waals surface area contributed by atoms with Gasteiger partial charge in [0, 0.05) is 30.9 Å². The van der Waals surface area contributed by atoms with Crippen molar-refractivity contribution in [1.29, 1.82) is 0 Å². The third-order valence-electron chi connectivity index (χ3n) is 8.11. The van der Waals surface area contributed by atoms with Crippen molar-refractivity contribution in [3.63, 3.8) is 0 Å². The average molecular weight is 580 g/mol. The van der Waals surface area contributed by atoms with Crippen LogP contribution in [0.4, 0.5) is 17.3 Å². The number of carbonyl (C=O) groups excluding carboxylic acids is 2. The molecule has 0 unspecified atom stereocenters. The molecule has 2 aromatic heterocycles. The van der Waals surface area contributed by atoms with Gasteiger partial charge in [-0.1, -0.05) is 23.7 Å². The Bertz CT molecular complexity index is 1370. The highest BCUT2D eigenvalue weighted by Crippen LogP contribution is 2.35. The molecule has 4 heterocycles. The maximum Gasteiger partial charge on any atom is 0.271 e. The van der Waals surface area contributed by atoms with Crippen molar-refractivity contribution in [2.75, 3.05) is 36.4 Å². The van der Waals surface area contributed by atoms with Crippen LogP contribution in [-0.4, -0.2) is 64.9 Å². The van der Waals surface area contributed by atoms with Gasteiger partial charge in [0.2, 0.25) is 0 Å². The minimum Gasteiger partial charge on any atom is -0.364 e. The number of nitrogens with zero attached hydrogens (tertiary/aromatic N) is 4. The van der Waals surface area contributed by atoms with Crippen molar-refractivity contribution in [3.8, 4) is 0 Å². The van der Waals surface area contributed by atoms with E-state index < -0.39 is 5.91 Å². The fourth-order valence-electron chi connectivity index (χ4n) is 5.81. The van der Waals surface area contributed by atoms with Crippen LogP contribution in [-0.2, 0) is 0 Å². The molecular formula is C29H34ClN7O2S. The fourth-order valence-corrected chi connectivity index (χ4v) is 6.75. The zero-order chi connectivity index (χ0) is 27.6. The summed E-state index contributed by atoms with van der Waals surface area (Å²) >= 11 is 7.26. The van der Waals surface area contributed by atoms with Gasteiger partial charge in [-0.2, -0.15) is 0 Å². The van der Waals surface area contributed by atoms with E-state index in [9.17, 15) is 9.59 Å². The number of likely N-dealkylation sites (tertiary alicyclic amines) is 1. The molecule has 0 bridgehead atoms. The minimum absolute atomic E-state index is 0.0418. The standard InChI is InChI=1S/C29H34ClN7O2S/c30-24-10-9-23(40-24)29(39)34-21-2-1-13-37(17-21)25-16-32-26(27(31)38)28(35-25)33-20-5-3-18(4-6-20)19-11-14-36(15-12-19)22-7-8-22/h3-6,9-10,16,19,21-22H,1-2,7-8,11-15,17H2,(H2,31,38)(H,33,35)(H,34,39)/t21-/m0/s1. The van der Waals surface area contributed by atoms with Crippen molar-refractivity contribution in [3.05, 3.63) is 63.1 Å². The van der Waals surface area contributed by atoms with Crippen LogP contribution in [0.15, 0.2) is 42.6 Å². The highest BCUT2D eigenvalue weighted by molar-refractivity contribution is 7.18. The Morgan fingerprint density at radius 2 is 1.77 bits per heavy atom. The number of benzene rings is 1. The summed E-state index contributed by atoms with van der Waals surface area (Å²) in [6, 6.07) is 12.7. The SMILES string of the molecule is NC(=O)c1ncc(N2CCC[C@H](NC(=O)c3ccc(Cl)s3)C2)nc1Nc1ccc(C2CCN(C3CC3)CC2)cc1. The summed E-state index contributed by atoms with van der Waals surface area (Å²) in [5, 5.41) is 6.38. The molecule has 1 saturated carbocycles. The number of anilines is 3. The zero-order valence-electron chi connectivity index (χ0n) is 22.3. The molecule has 9 nitrogen and oxygen atoms in total. The molecule has 1 atom stereocenters. The van der Waals surface area contributed by atoms with Crippen LogP contribution < -0.4 is 21.3 Å². The summed E-state index contributed by atoms with van der Waals surface area (Å²) in [6.45, 7) is 3.73. The number of halogens is 1. The monoisotopic (exact) mass is 579 g/mol. The number of aromatic nitrogens is 2. The first-order chi connectivity index (χ1) is 19.4. The number of piperidine rings is 2. The van der Waals surface area contributed by atoms with Crippen LogP contribution in [0.5, 0.6) is 0 Å². The molecular weight excluding hydrogens is 546 g/mol. The summed E-state index contributed by atoms with van der Waals surface area (Å²) in [4.78, 5) is 39.2. The number of rotatable bonds is 8. The Balaban J connectivity index is 1.12.